The monoisotopic (exact) mass is 200 g/mol. The molecular weight excluding hydrogens is 176 g/mol. The van der Waals surface area contributed by atoms with Gasteiger partial charge in [-0.1, -0.05) is 32.6 Å². The van der Waals surface area contributed by atoms with Crippen molar-refractivity contribution in [2.24, 2.45) is 0 Å². The van der Waals surface area contributed by atoms with E-state index < -0.39 is 0 Å². The third kappa shape index (κ3) is 7.90. The average Bonchev–Trinajstić information content (AvgIpc) is 2.13. The van der Waals surface area contributed by atoms with E-state index in [1.165, 1.54) is 25.7 Å². The molecule has 0 heterocycles. The fourth-order valence-electron chi connectivity index (χ4n) is 1.38. The first kappa shape index (κ1) is 13.3. The summed E-state index contributed by atoms with van der Waals surface area (Å²) in [4.78, 5) is 11.1. The van der Waals surface area contributed by atoms with Crippen molar-refractivity contribution >= 4 is 6.03 Å². The maximum absolute atomic E-state index is 11.1. The second kappa shape index (κ2) is 8.85. The summed E-state index contributed by atoms with van der Waals surface area (Å²) in [6, 6.07) is 0.244. The minimum Gasteiger partial charge on any atom is -0.338 e. The molecule has 0 aliphatic carbocycles. The van der Waals surface area contributed by atoms with Gasteiger partial charge in [-0.3, -0.25) is 0 Å². The van der Waals surface area contributed by atoms with Crippen molar-refractivity contribution in [2.45, 2.75) is 58.9 Å². The molecule has 2 amide bonds. The third-order valence-corrected chi connectivity index (χ3v) is 2.21. The Hall–Kier alpha value is -0.730. The van der Waals surface area contributed by atoms with Crippen LogP contribution in [0.5, 0.6) is 0 Å². The molecule has 0 saturated carbocycles. The van der Waals surface area contributed by atoms with Crippen LogP contribution in [0.3, 0.4) is 0 Å². The zero-order valence-corrected chi connectivity index (χ0v) is 9.73. The zero-order chi connectivity index (χ0) is 10.8. The lowest BCUT2D eigenvalue weighted by Crippen LogP contribution is -2.40. The first-order valence-electron chi connectivity index (χ1n) is 5.75. The van der Waals surface area contributed by atoms with Crippen molar-refractivity contribution in [1.29, 1.82) is 0 Å². The molecule has 0 aromatic rings. The number of amides is 2. The van der Waals surface area contributed by atoms with Crippen LogP contribution in [0.1, 0.15) is 52.9 Å². The molecule has 0 bridgehead atoms. The number of urea groups is 1. The number of rotatable bonds is 7. The highest BCUT2D eigenvalue weighted by atomic mass is 16.2. The Morgan fingerprint density at radius 2 is 1.93 bits per heavy atom. The molecule has 0 aromatic carbocycles. The number of hydrogen-bond acceptors (Lipinski definition) is 1. The standard InChI is InChI=1S/C11H24N2O/c1-4-6-7-8-9-10(3)13-11(14)12-5-2/h10H,4-9H2,1-3H3,(H2,12,13,14)/t10-/m0/s1. The van der Waals surface area contributed by atoms with Crippen molar-refractivity contribution in [3.05, 3.63) is 0 Å². The Bertz CT molecular complexity index is 148. The van der Waals surface area contributed by atoms with Crippen molar-refractivity contribution in [2.75, 3.05) is 6.54 Å². The Morgan fingerprint density at radius 3 is 2.50 bits per heavy atom. The summed E-state index contributed by atoms with van der Waals surface area (Å²) < 4.78 is 0. The van der Waals surface area contributed by atoms with Gasteiger partial charge in [-0.25, -0.2) is 4.79 Å². The van der Waals surface area contributed by atoms with Crippen molar-refractivity contribution in [3.8, 4) is 0 Å². The number of unbranched alkanes of at least 4 members (excludes halogenated alkanes) is 3. The SMILES string of the molecule is CCCCCC[C@H](C)NC(=O)NCC. The molecular formula is C11H24N2O. The van der Waals surface area contributed by atoms with Gasteiger partial charge in [0.2, 0.25) is 0 Å². The minimum atomic E-state index is -0.0458. The van der Waals surface area contributed by atoms with Crippen LogP contribution in [-0.4, -0.2) is 18.6 Å². The van der Waals surface area contributed by atoms with Gasteiger partial charge in [-0.15, -0.1) is 0 Å². The normalized spacial score (nSPS) is 12.2. The Labute approximate surface area is 87.6 Å². The van der Waals surface area contributed by atoms with Gasteiger partial charge in [0.15, 0.2) is 0 Å². The lowest BCUT2D eigenvalue weighted by Gasteiger charge is -2.13. The van der Waals surface area contributed by atoms with Crippen LogP contribution in [0.15, 0.2) is 0 Å². The van der Waals surface area contributed by atoms with Gasteiger partial charge in [0, 0.05) is 12.6 Å². The molecule has 0 unspecified atom stereocenters. The largest absolute Gasteiger partial charge is 0.338 e. The van der Waals surface area contributed by atoms with Crippen LogP contribution < -0.4 is 10.6 Å². The van der Waals surface area contributed by atoms with Crippen molar-refractivity contribution in [1.82, 2.24) is 10.6 Å². The summed E-state index contributed by atoms with van der Waals surface area (Å²) in [5.74, 6) is 0. The van der Waals surface area contributed by atoms with Gasteiger partial charge in [0.05, 0.1) is 0 Å². The number of carbonyl (C=O) groups is 1. The van der Waals surface area contributed by atoms with Crippen LogP contribution in [0, 0.1) is 0 Å². The second-order valence-corrected chi connectivity index (χ2v) is 3.75. The number of carbonyl (C=O) groups excluding carboxylic acids is 1. The van der Waals surface area contributed by atoms with Gasteiger partial charge >= 0.3 is 6.03 Å². The molecule has 14 heavy (non-hydrogen) atoms. The van der Waals surface area contributed by atoms with E-state index in [1.54, 1.807) is 0 Å². The first-order valence-corrected chi connectivity index (χ1v) is 5.75. The highest BCUT2D eigenvalue weighted by Crippen LogP contribution is 2.04. The molecule has 84 valence electrons. The molecule has 3 nitrogen and oxygen atoms in total. The van der Waals surface area contributed by atoms with Gasteiger partial charge < -0.3 is 10.6 Å². The first-order chi connectivity index (χ1) is 6.70. The predicted octanol–water partition coefficient (Wildman–Crippen LogP) is 2.66. The number of hydrogen-bond donors (Lipinski definition) is 2. The Kier molecular flexibility index (Phi) is 8.39. The molecule has 0 aliphatic heterocycles. The van der Waals surface area contributed by atoms with E-state index in [0.717, 1.165) is 6.42 Å². The molecule has 0 spiro atoms. The molecule has 2 N–H and O–H groups in total. The van der Waals surface area contributed by atoms with Crippen LogP contribution in [-0.2, 0) is 0 Å². The summed E-state index contributed by atoms with van der Waals surface area (Å²) in [6.45, 7) is 6.87. The fraction of sp³-hybridized carbons (Fsp3) is 0.909. The van der Waals surface area contributed by atoms with E-state index in [9.17, 15) is 4.79 Å². The molecule has 0 radical (unpaired) electrons. The zero-order valence-electron chi connectivity index (χ0n) is 9.73. The summed E-state index contributed by atoms with van der Waals surface area (Å²) in [6.07, 6.45) is 6.13. The van der Waals surface area contributed by atoms with E-state index in [-0.39, 0.29) is 6.03 Å². The lowest BCUT2D eigenvalue weighted by atomic mass is 10.1. The molecule has 3 heteroatoms. The van der Waals surface area contributed by atoms with Crippen molar-refractivity contribution < 1.29 is 4.79 Å². The average molecular weight is 200 g/mol. The maximum Gasteiger partial charge on any atom is 0.314 e. The van der Waals surface area contributed by atoms with E-state index in [0.29, 0.717) is 12.6 Å². The smallest absolute Gasteiger partial charge is 0.314 e. The lowest BCUT2D eigenvalue weighted by molar-refractivity contribution is 0.237. The van der Waals surface area contributed by atoms with Crippen molar-refractivity contribution in [3.63, 3.8) is 0 Å². The maximum atomic E-state index is 11.1. The highest BCUT2D eigenvalue weighted by Gasteiger charge is 2.04. The molecule has 0 aliphatic rings. The van der Waals surface area contributed by atoms with E-state index in [4.69, 9.17) is 0 Å². The predicted molar refractivity (Wildman–Crippen MR) is 60.4 cm³/mol. The molecule has 1 atom stereocenters. The quantitative estimate of drug-likeness (QED) is 0.609. The summed E-state index contributed by atoms with van der Waals surface area (Å²) in [7, 11) is 0. The van der Waals surface area contributed by atoms with Crippen LogP contribution >= 0.6 is 0 Å². The third-order valence-electron chi connectivity index (χ3n) is 2.21. The van der Waals surface area contributed by atoms with Crippen LogP contribution in [0.4, 0.5) is 4.79 Å². The summed E-state index contributed by atoms with van der Waals surface area (Å²) in [5.41, 5.74) is 0. The summed E-state index contributed by atoms with van der Waals surface area (Å²) in [5, 5.41) is 5.64. The van der Waals surface area contributed by atoms with Gasteiger partial charge in [-0.2, -0.15) is 0 Å². The van der Waals surface area contributed by atoms with Gasteiger partial charge in [-0.05, 0) is 20.3 Å². The molecule has 0 rings (SSSR count). The second-order valence-electron chi connectivity index (χ2n) is 3.75. The van der Waals surface area contributed by atoms with E-state index in [1.807, 2.05) is 6.92 Å². The topological polar surface area (TPSA) is 41.1 Å². The Morgan fingerprint density at radius 1 is 1.21 bits per heavy atom. The number of nitrogens with one attached hydrogen (secondary N) is 2. The highest BCUT2D eigenvalue weighted by molar-refractivity contribution is 5.73. The minimum absolute atomic E-state index is 0.0458. The van der Waals surface area contributed by atoms with Gasteiger partial charge in [0.1, 0.15) is 0 Å². The summed E-state index contributed by atoms with van der Waals surface area (Å²) >= 11 is 0. The van der Waals surface area contributed by atoms with E-state index >= 15 is 0 Å². The molecule has 0 saturated heterocycles. The Balaban J connectivity index is 3.35. The van der Waals surface area contributed by atoms with E-state index in [2.05, 4.69) is 24.5 Å². The molecule has 0 aromatic heterocycles. The van der Waals surface area contributed by atoms with Crippen LogP contribution in [0.2, 0.25) is 0 Å². The van der Waals surface area contributed by atoms with Crippen LogP contribution in [0.25, 0.3) is 0 Å². The fourth-order valence-corrected chi connectivity index (χ4v) is 1.38. The molecule has 0 fully saturated rings. The van der Waals surface area contributed by atoms with Gasteiger partial charge in [0.25, 0.3) is 0 Å².